The van der Waals surface area contributed by atoms with E-state index < -0.39 is 47.4 Å². The van der Waals surface area contributed by atoms with Gasteiger partial charge in [-0.05, 0) is 68.2 Å². The third kappa shape index (κ3) is 5.87. The summed E-state index contributed by atoms with van der Waals surface area (Å²) in [6.07, 6.45) is 4.87. The molecule has 5 aliphatic rings. The summed E-state index contributed by atoms with van der Waals surface area (Å²) in [5.74, 6) is -3.26. The van der Waals surface area contributed by atoms with E-state index in [2.05, 4.69) is 26.8 Å². The summed E-state index contributed by atoms with van der Waals surface area (Å²) in [7, 11) is 1.40. The Morgan fingerprint density at radius 2 is 1.83 bits per heavy atom. The van der Waals surface area contributed by atoms with Crippen molar-refractivity contribution in [1.29, 1.82) is 0 Å². The van der Waals surface area contributed by atoms with Gasteiger partial charge in [0.15, 0.2) is 0 Å². The van der Waals surface area contributed by atoms with Crippen molar-refractivity contribution in [2.75, 3.05) is 12.4 Å². The van der Waals surface area contributed by atoms with Gasteiger partial charge in [0, 0.05) is 41.7 Å². The van der Waals surface area contributed by atoms with Crippen molar-refractivity contribution in [2.45, 2.75) is 75.8 Å². The maximum absolute atomic E-state index is 14.0. The minimum Gasteiger partial charge on any atom is -0.480 e. The minimum atomic E-state index is -4.93. The molecule has 2 aromatic rings. The van der Waals surface area contributed by atoms with Crippen molar-refractivity contribution in [1.82, 2.24) is 10.3 Å². The Bertz CT molecular complexity index is 1640. The SMILES string of the molecule is COc1ncc(C2=NOC3CC(O)CC23)cc1C(=O)N[C@H]1[C@@H](C(=O)Nc2ccc(F)c(C(F)(F)F)c2)[C@H]2CC[C@@H]1/C2=C\C1CCCC1. The molecule has 13 heteroatoms. The van der Waals surface area contributed by atoms with Gasteiger partial charge in [-0.25, -0.2) is 9.37 Å². The molecule has 250 valence electrons. The van der Waals surface area contributed by atoms with E-state index in [1.54, 1.807) is 12.3 Å². The standard InChI is InChI=1S/C34H36F4N4O5/c1-46-33-24(11-17(15-39-33)29-23-13-19(43)14-27(23)47-42-29)31(44)41-30-21-8-7-20(22(21)10-16-4-2-3-5-16)28(30)32(45)40-18-6-9-26(35)25(12-18)34(36,37)38/h6,9-12,15-16,19-21,23,27-28,30,43H,2-5,7-8,13-14H2,1H3,(H,40,45)(H,41,44)/b22-10-/t19?,20-,21+,23?,27?,28-,30+/m0/s1. The van der Waals surface area contributed by atoms with E-state index in [1.165, 1.54) is 7.11 Å². The number of oxime groups is 1. The molecule has 7 rings (SSSR count). The fourth-order valence-corrected chi connectivity index (χ4v) is 8.45. The second-order valence-electron chi connectivity index (χ2n) is 13.3. The second-order valence-corrected chi connectivity index (χ2v) is 13.3. The topological polar surface area (TPSA) is 122 Å². The monoisotopic (exact) mass is 656 g/mol. The molecule has 2 bridgehead atoms. The van der Waals surface area contributed by atoms with Gasteiger partial charge in [-0.15, -0.1) is 0 Å². The lowest BCUT2D eigenvalue weighted by Crippen LogP contribution is -2.48. The number of nitrogens with one attached hydrogen (secondary N) is 2. The van der Waals surface area contributed by atoms with Gasteiger partial charge in [-0.2, -0.15) is 13.2 Å². The van der Waals surface area contributed by atoms with Crippen LogP contribution in [-0.2, 0) is 15.8 Å². The number of nitrogens with zero attached hydrogens (tertiary/aromatic N) is 2. The lowest BCUT2D eigenvalue weighted by Gasteiger charge is -2.30. The molecular formula is C34H36F4N4O5. The Balaban J connectivity index is 1.18. The summed E-state index contributed by atoms with van der Waals surface area (Å²) >= 11 is 0. The normalized spacial score (nSPS) is 30.7. The molecule has 1 aromatic carbocycles. The van der Waals surface area contributed by atoms with Crippen LogP contribution in [0.2, 0.25) is 0 Å². The number of alkyl halides is 3. The number of aliphatic hydroxyl groups is 1. The van der Waals surface area contributed by atoms with Crippen LogP contribution < -0.4 is 15.4 Å². The summed E-state index contributed by atoms with van der Waals surface area (Å²) in [5, 5.41) is 20.0. The first-order valence-electron chi connectivity index (χ1n) is 16.2. The molecule has 0 spiro atoms. The highest BCUT2D eigenvalue weighted by atomic mass is 19.4. The van der Waals surface area contributed by atoms with Crippen LogP contribution in [0.5, 0.6) is 5.88 Å². The van der Waals surface area contributed by atoms with E-state index in [9.17, 15) is 32.3 Å². The zero-order valence-electron chi connectivity index (χ0n) is 25.7. The molecule has 1 aromatic heterocycles. The fourth-order valence-electron chi connectivity index (χ4n) is 8.45. The molecule has 2 amide bonds. The molecule has 4 fully saturated rings. The van der Waals surface area contributed by atoms with Crippen molar-refractivity contribution >= 4 is 23.2 Å². The molecule has 9 nitrogen and oxygen atoms in total. The number of carbonyl (C=O) groups is 2. The number of allylic oxidation sites excluding steroid dienone is 1. The quantitative estimate of drug-likeness (QED) is 0.262. The maximum atomic E-state index is 14.0. The van der Waals surface area contributed by atoms with Crippen LogP contribution in [-0.4, -0.2) is 53.0 Å². The number of halogens is 4. The highest BCUT2D eigenvalue weighted by Crippen LogP contribution is 2.54. The zero-order chi connectivity index (χ0) is 33.0. The van der Waals surface area contributed by atoms with E-state index in [1.807, 2.05) is 0 Å². The third-order valence-electron chi connectivity index (χ3n) is 10.6. The Labute approximate surface area is 268 Å². The van der Waals surface area contributed by atoms with Gasteiger partial charge in [-0.3, -0.25) is 9.59 Å². The first-order chi connectivity index (χ1) is 22.5. The summed E-state index contributed by atoms with van der Waals surface area (Å²) in [6.45, 7) is 0. The van der Waals surface area contributed by atoms with Crippen molar-refractivity contribution in [2.24, 2.45) is 34.7 Å². The summed E-state index contributed by atoms with van der Waals surface area (Å²) < 4.78 is 59.7. The Morgan fingerprint density at radius 1 is 1.06 bits per heavy atom. The summed E-state index contributed by atoms with van der Waals surface area (Å²) in [4.78, 5) is 37.8. The molecule has 4 aliphatic carbocycles. The van der Waals surface area contributed by atoms with Crippen LogP contribution in [0, 0.1) is 35.4 Å². The molecule has 0 radical (unpaired) electrons. The van der Waals surface area contributed by atoms with Gasteiger partial charge in [0.05, 0.1) is 30.4 Å². The number of amides is 2. The molecule has 2 heterocycles. The van der Waals surface area contributed by atoms with Gasteiger partial charge in [0.1, 0.15) is 17.5 Å². The highest BCUT2D eigenvalue weighted by molar-refractivity contribution is 6.06. The number of hydrogen-bond donors (Lipinski definition) is 3. The second kappa shape index (κ2) is 12.2. The maximum Gasteiger partial charge on any atom is 0.419 e. The summed E-state index contributed by atoms with van der Waals surface area (Å²) in [5.41, 5.74) is 0.743. The number of fused-ring (bicyclic) bond motifs is 3. The Morgan fingerprint density at radius 3 is 2.57 bits per heavy atom. The van der Waals surface area contributed by atoms with E-state index in [-0.39, 0.29) is 41.0 Å². The van der Waals surface area contributed by atoms with Crippen molar-refractivity contribution in [3.63, 3.8) is 0 Å². The number of aliphatic hydroxyl groups excluding tert-OH is 1. The van der Waals surface area contributed by atoms with Crippen molar-refractivity contribution in [3.05, 3.63) is 64.6 Å². The predicted molar refractivity (Wildman–Crippen MR) is 162 cm³/mol. The van der Waals surface area contributed by atoms with Gasteiger partial charge in [-0.1, -0.05) is 29.6 Å². The molecule has 3 unspecified atom stereocenters. The van der Waals surface area contributed by atoms with Gasteiger partial charge in [0.25, 0.3) is 5.91 Å². The van der Waals surface area contributed by atoms with Gasteiger partial charge in [0.2, 0.25) is 11.8 Å². The van der Waals surface area contributed by atoms with Crippen LogP contribution in [0.1, 0.15) is 72.9 Å². The van der Waals surface area contributed by atoms with Gasteiger partial charge >= 0.3 is 6.18 Å². The number of anilines is 1. The average Bonchev–Trinajstić information content (AvgIpc) is 3.86. The average molecular weight is 657 g/mol. The number of methoxy groups -OCH3 is 1. The Kier molecular flexibility index (Phi) is 8.22. The fraction of sp³-hybridized carbons (Fsp3) is 0.529. The van der Waals surface area contributed by atoms with Crippen LogP contribution in [0.3, 0.4) is 0 Å². The smallest absolute Gasteiger partial charge is 0.419 e. The number of benzene rings is 1. The number of hydrogen-bond acceptors (Lipinski definition) is 7. The predicted octanol–water partition coefficient (Wildman–Crippen LogP) is 5.63. The van der Waals surface area contributed by atoms with Crippen molar-refractivity contribution in [3.8, 4) is 5.88 Å². The molecule has 0 saturated heterocycles. The lowest BCUT2D eigenvalue weighted by molar-refractivity contribution is -0.140. The van der Waals surface area contributed by atoms with Crippen LogP contribution in [0.15, 0.2) is 47.3 Å². The molecule has 1 aliphatic heterocycles. The van der Waals surface area contributed by atoms with E-state index in [0.717, 1.165) is 43.7 Å². The number of ether oxygens (including phenoxy) is 1. The molecule has 7 atom stereocenters. The minimum absolute atomic E-state index is 0.0747. The molecular weight excluding hydrogens is 620 g/mol. The number of carbonyl (C=O) groups excluding carboxylic acids is 2. The summed E-state index contributed by atoms with van der Waals surface area (Å²) in [6, 6.07) is 3.35. The largest absolute Gasteiger partial charge is 0.480 e. The number of pyridine rings is 1. The van der Waals surface area contributed by atoms with E-state index >= 15 is 0 Å². The van der Waals surface area contributed by atoms with Crippen LogP contribution in [0.4, 0.5) is 23.2 Å². The molecule has 4 saturated carbocycles. The number of aromatic nitrogens is 1. The lowest BCUT2D eigenvalue weighted by atomic mass is 9.83. The van der Waals surface area contributed by atoms with Crippen molar-refractivity contribution < 1.29 is 41.8 Å². The Hall–Kier alpha value is -4.00. The molecule has 3 N–H and O–H groups in total. The van der Waals surface area contributed by atoms with Crippen LogP contribution in [0.25, 0.3) is 0 Å². The zero-order valence-corrected chi connectivity index (χ0v) is 25.7. The van der Waals surface area contributed by atoms with E-state index in [4.69, 9.17) is 9.57 Å². The number of rotatable bonds is 7. The van der Waals surface area contributed by atoms with Gasteiger partial charge < -0.3 is 25.3 Å². The van der Waals surface area contributed by atoms with Crippen LogP contribution >= 0.6 is 0 Å². The molecule has 47 heavy (non-hydrogen) atoms. The third-order valence-corrected chi connectivity index (χ3v) is 10.6. The first kappa shape index (κ1) is 31.6. The van der Waals surface area contributed by atoms with E-state index in [0.29, 0.717) is 48.6 Å². The first-order valence-corrected chi connectivity index (χ1v) is 16.2. The highest BCUT2D eigenvalue weighted by Gasteiger charge is 2.55.